The van der Waals surface area contributed by atoms with Crippen LogP contribution in [0.2, 0.25) is 5.02 Å². The number of thioether (sulfide) groups is 1. The number of hydrogen-bond donors (Lipinski definition) is 1. The summed E-state index contributed by atoms with van der Waals surface area (Å²) in [6.45, 7) is 6.78. The Bertz CT molecular complexity index is 1110. The second kappa shape index (κ2) is 12.2. The van der Waals surface area contributed by atoms with Crippen molar-refractivity contribution in [3.63, 3.8) is 0 Å². The van der Waals surface area contributed by atoms with Crippen molar-refractivity contribution < 1.29 is 18.7 Å². The van der Waals surface area contributed by atoms with Gasteiger partial charge in [0.15, 0.2) is 0 Å². The topological polar surface area (TPSA) is 47.6 Å². The highest BCUT2D eigenvalue weighted by atomic mass is 35.5. The smallest absolute Gasteiger partial charge is 0.255 e. The molecular weight excluding hydrogens is 473 g/mol. The molecule has 0 aliphatic rings. The summed E-state index contributed by atoms with van der Waals surface area (Å²) >= 11 is 7.95. The molecule has 0 heterocycles. The van der Waals surface area contributed by atoms with Crippen LogP contribution in [-0.2, 0) is 11.3 Å². The molecule has 3 aromatic carbocycles. The van der Waals surface area contributed by atoms with Gasteiger partial charge in [-0.15, -0.1) is 11.8 Å². The van der Waals surface area contributed by atoms with Crippen molar-refractivity contribution in [3.8, 4) is 5.75 Å². The SMILES string of the molecule is COc1ccc(COCC(C)CSc2cc(C(=O)Nc3cc(C)c(C)c(F)c3)ccc2Cl)cc1. The Morgan fingerprint density at radius 2 is 1.85 bits per heavy atom. The first kappa shape index (κ1) is 26.1. The van der Waals surface area contributed by atoms with E-state index in [1.165, 1.54) is 6.07 Å². The summed E-state index contributed by atoms with van der Waals surface area (Å²) in [6.07, 6.45) is 0. The molecule has 0 aliphatic heterocycles. The molecule has 1 amide bonds. The average molecular weight is 502 g/mol. The van der Waals surface area contributed by atoms with Gasteiger partial charge in [0.05, 0.1) is 25.3 Å². The molecule has 4 nitrogen and oxygen atoms in total. The minimum atomic E-state index is -0.342. The zero-order chi connectivity index (χ0) is 24.7. The Hall–Kier alpha value is -2.54. The van der Waals surface area contributed by atoms with Crippen molar-refractivity contribution in [2.75, 3.05) is 24.8 Å². The van der Waals surface area contributed by atoms with Crippen molar-refractivity contribution in [2.24, 2.45) is 5.92 Å². The van der Waals surface area contributed by atoms with Gasteiger partial charge in [-0.2, -0.15) is 0 Å². The fourth-order valence-electron chi connectivity index (χ4n) is 3.23. The standard InChI is InChI=1S/C27H29ClFNO3S/c1-17(14-33-15-20-5-8-23(32-4)9-6-20)16-34-26-12-21(7-10-24(26)28)27(31)30-22-11-18(2)19(3)25(29)13-22/h5-13,17H,14-16H2,1-4H3,(H,30,31). The van der Waals surface area contributed by atoms with Crippen molar-refractivity contribution in [2.45, 2.75) is 32.3 Å². The number of benzene rings is 3. The van der Waals surface area contributed by atoms with Crippen LogP contribution in [0.4, 0.5) is 10.1 Å². The molecule has 3 aromatic rings. The van der Waals surface area contributed by atoms with Crippen LogP contribution in [0.1, 0.15) is 34.0 Å². The maximum atomic E-state index is 14.0. The molecular formula is C27H29ClFNO3S. The van der Waals surface area contributed by atoms with Gasteiger partial charge in [-0.1, -0.05) is 30.7 Å². The van der Waals surface area contributed by atoms with Crippen molar-refractivity contribution >= 4 is 35.0 Å². The van der Waals surface area contributed by atoms with Gasteiger partial charge in [0.1, 0.15) is 11.6 Å². The van der Waals surface area contributed by atoms with E-state index in [1.807, 2.05) is 31.2 Å². The van der Waals surface area contributed by atoms with Gasteiger partial charge in [0, 0.05) is 21.9 Å². The highest BCUT2D eigenvalue weighted by Crippen LogP contribution is 2.30. The number of carbonyl (C=O) groups excluding carboxylic acids is 1. The molecule has 0 saturated carbocycles. The lowest BCUT2D eigenvalue weighted by atomic mass is 10.1. The molecule has 0 aliphatic carbocycles. The molecule has 1 unspecified atom stereocenters. The first-order valence-electron chi connectivity index (χ1n) is 11.0. The van der Waals surface area contributed by atoms with Crippen molar-refractivity contribution in [1.29, 1.82) is 0 Å². The van der Waals surface area contributed by atoms with Crippen LogP contribution in [0.25, 0.3) is 0 Å². The summed E-state index contributed by atoms with van der Waals surface area (Å²) in [5, 5.41) is 3.36. The van der Waals surface area contributed by atoms with E-state index in [0.29, 0.717) is 35.1 Å². The first-order valence-corrected chi connectivity index (χ1v) is 12.3. The number of carbonyl (C=O) groups is 1. The largest absolute Gasteiger partial charge is 0.497 e. The number of halogens is 2. The molecule has 34 heavy (non-hydrogen) atoms. The van der Waals surface area contributed by atoms with E-state index in [9.17, 15) is 9.18 Å². The zero-order valence-electron chi connectivity index (χ0n) is 19.8. The van der Waals surface area contributed by atoms with E-state index in [4.69, 9.17) is 21.1 Å². The molecule has 0 aromatic heterocycles. The molecule has 1 N–H and O–H groups in total. The van der Waals surface area contributed by atoms with Crippen LogP contribution < -0.4 is 10.1 Å². The van der Waals surface area contributed by atoms with Gasteiger partial charge in [-0.25, -0.2) is 4.39 Å². The lowest BCUT2D eigenvalue weighted by Crippen LogP contribution is -2.13. The second-order valence-corrected chi connectivity index (χ2v) is 9.75. The highest BCUT2D eigenvalue weighted by molar-refractivity contribution is 7.99. The Balaban J connectivity index is 1.53. The minimum absolute atomic E-state index is 0.287. The summed E-state index contributed by atoms with van der Waals surface area (Å²) in [5.74, 6) is 1.25. The van der Waals surface area contributed by atoms with Crippen LogP contribution in [-0.4, -0.2) is 25.4 Å². The minimum Gasteiger partial charge on any atom is -0.497 e. The highest BCUT2D eigenvalue weighted by Gasteiger charge is 2.13. The average Bonchev–Trinajstić information content (AvgIpc) is 2.82. The summed E-state index contributed by atoms with van der Waals surface area (Å²) in [7, 11) is 1.64. The van der Waals surface area contributed by atoms with E-state index < -0.39 is 0 Å². The third-order valence-electron chi connectivity index (χ3n) is 5.41. The molecule has 7 heteroatoms. The molecule has 0 spiro atoms. The number of anilines is 1. The fourth-order valence-corrected chi connectivity index (χ4v) is 4.48. The number of amides is 1. The van der Waals surface area contributed by atoms with Gasteiger partial charge in [0.25, 0.3) is 5.91 Å². The lowest BCUT2D eigenvalue weighted by Gasteiger charge is -2.14. The number of nitrogens with one attached hydrogen (secondary N) is 1. The predicted molar refractivity (Wildman–Crippen MR) is 138 cm³/mol. The zero-order valence-corrected chi connectivity index (χ0v) is 21.4. The number of rotatable bonds is 10. The molecule has 0 radical (unpaired) electrons. The number of aryl methyl sites for hydroxylation is 1. The van der Waals surface area contributed by atoms with Gasteiger partial charge in [-0.05, 0) is 78.9 Å². The third-order valence-corrected chi connectivity index (χ3v) is 7.23. The Labute approximate surface area is 209 Å². The molecule has 0 bridgehead atoms. The van der Waals surface area contributed by atoms with E-state index in [0.717, 1.165) is 27.5 Å². The molecule has 0 fully saturated rings. The lowest BCUT2D eigenvalue weighted by molar-refractivity contribution is 0.0982. The number of hydrogen-bond acceptors (Lipinski definition) is 4. The first-order chi connectivity index (χ1) is 16.3. The van der Waals surface area contributed by atoms with Crippen LogP contribution in [0.15, 0.2) is 59.5 Å². The molecule has 180 valence electrons. The number of methoxy groups -OCH3 is 1. The van der Waals surface area contributed by atoms with Gasteiger partial charge >= 0.3 is 0 Å². The summed E-state index contributed by atoms with van der Waals surface area (Å²) in [4.78, 5) is 13.5. The summed E-state index contributed by atoms with van der Waals surface area (Å²) < 4.78 is 25.0. The van der Waals surface area contributed by atoms with Crippen LogP contribution in [0, 0.1) is 25.6 Å². The van der Waals surface area contributed by atoms with Crippen molar-refractivity contribution in [3.05, 3.63) is 87.7 Å². The second-order valence-electron chi connectivity index (χ2n) is 8.28. The van der Waals surface area contributed by atoms with Crippen molar-refractivity contribution in [1.82, 2.24) is 0 Å². The van der Waals surface area contributed by atoms with E-state index in [-0.39, 0.29) is 17.6 Å². The Morgan fingerprint density at radius 3 is 2.53 bits per heavy atom. The van der Waals surface area contributed by atoms with E-state index in [2.05, 4.69) is 12.2 Å². The molecule has 3 rings (SSSR count). The fraction of sp³-hybridized carbons (Fsp3) is 0.296. The summed E-state index contributed by atoms with van der Waals surface area (Å²) in [5.41, 5.74) is 3.34. The predicted octanol–water partition coefficient (Wildman–Crippen LogP) is 7.30. The quantitative estimate of drug-likeness (QED) is 0.296. The maximum absolute atomic E-state index is 14.0. The maximum Gasteiger partial charge on any atom is 0.255 e. The molecule has 0 saturated heterocycles. The van der Waals surface area contributed by atoms with Gasteiger partial charge in [-0.3, -0.25) is 4.79 Å². The normalized spacial score (nSPS) is 11.8. The van der Waals surface area contributed by atoms with E-state index in [1.54, 1.807) is 50.1 Å². The van der Waals surface area contributed by atoms with Crippen LogP contribution in [0.5, 0.6) is 5.75 Å². The van der Waals surface area contributed by atoms with Gasteiger partial charge < -0.3 is 14.8 Å². The van der Waals surface area contributed by atoms with Gasteiger partial charge in [0.2, 0.25) is 0 Å². The third kappa shape index (κ3) is 7.23. The summed E-state index contributed by atoms with van der Waals surface area (Å²) in [6, 6.07) is 16.0. The van der Waals surface area contributed by atoms with Crippen LogP contribution >= 0.6 is 23.4 Å². The van der Waals surface area contributed by atoms with Crippen LogP contribution in [0.3, 0.4) is 0 Å². The van der Waals surface area contributed by atoms with E-state index >= 15 is 0 Å². The Kier molecular flexibility index (Phi) is 9.39. The number of ether oxygens (including phenoxy) is 2. The Morgan fingerprint density at radius 1 is 1.12 bits per heavy atom. The molecule has 1 atom stereocenters. The monoisotopic (exact) mass is 501 g/mol.